The highest BCUT2D eigenvalue weighted by molar-refractivity contribution is 8.00. The van der Waals surface area contributed by atoms with Gasteiger partial charge in [0.1, 0.15) is 11.5 Å². The van der Waals surface area contributed by atoms with Crippen LogP contribution in [0, 0.1) is 0 Å². The van der Waals surface area contributed by atoms with Crippen LogP contribution in [0.1, 0.15) is 41.5 Å². The lowest BCUT2D eigenvalue weighted by Gasteiger charge is -2.26. The number of nitrogens with zero attached hydrogens (tertiary/aromatic N) is 2. The maximum atomic E-state index is 12.5. The van der Waals surface area contributed by atoms with E-state index in [1.54, 1.807) is 0 Å². The van der Waals surface area contributed by atoms with Crippen molar-refractivity contribution in [2.75, 3.05) is 12.3 Å². The summed E-state index contributed by atoms with van der Waals surface area (Å²) >= 11 is 1.95. The Morgan fingerprint density at radius 1 is 1.47 bits per heavy atom. The molecule has 100 valence electrons. The van der Waals surface area contributed by atoms with Crippen LogP contribution < -0.4 is 5.56 Å². The number of aromatic nitrogens is 2. The zero-order valence-electron chi connectivity index (χ0n) is 10.5. The lowest BCUT2D eigenvalue weighted by Crippen LogP contribution is -2.40. The highest BCUT2D eigenvalue weighted by atomic mass is 32.2. The summed E-state index contributed by atoms with van der Waals surface area (Å²) in [4.78, 5) is 33.2. The second kappa shape index (κ2) is 4.10. The van der Waals surface area contributed by atoms with E-state index in [4.69, 9.17) is 0 Å². The minimum absolute atomic E-state index is 0.0687. The molecular weight excluding hydrogens is 262 g/mol. The number of thioether (sulfide) groups is 1. The van der Waals surface area contributed by atoms with E-state index in [2.05, 4.69) is 9.97 Å². The van der Waals surface area contributed by atoms with Crippen LogP contribution in [0.5, 0.6) is 0 Å². The van der Waals surface area contributed by atoms with Gasteiger partial charge in [0.2, 0.25) is 0 Å². The first kappa shape index (κ1) is 11.5. The Kier molecular flexibility index (Phi) is 2.48. The third-order valence-electron chi connectivity index (χ3n) is 4.10. The first-order chi connectivity index (χ1) is 9.20. The first-order valence-corrected chi connectivity index (χ1v) is 7.79. The summed E-state index contributed by atoms with van der Waals surface area (Å²) in [5.41, 5.74) is 0.113. The molecule has 0 spiro atoms. The molecule has 2 aliphatic heterocycles. The number of carbonyl (C=O) groups excluding carboxylic acids is 1. The van der Waals surface area contributed by atoms with Crippen LogP contribution in [0.15, 0.2) is 10.9 Å². The molecule has 1 saturated carbocycles. The summed E-state index contributed by atoms with van der Waals surface area (Å²) in [6.45, 7) is 0.807. The molecule has 1 aromatic rings. The summed E-state index contributed by atoms with van der Waals surface area (Å²) in [6, 6.07) is 1.68. The molecule has 1 amide bonds. The Hall–Kier alpha value is -1.30. The maximum Gasteiger partial charge on any atom is 0.273 e. The monoisotopic (exact) mass is 277 g/mol. The Labute approximate surface area is 114 Å². The molecule has 0 aromatic carbocycles. The SMILES string of the molecule is O=C(c1cc(=O)[nH]c(C2CC2)n1)N1C[C@@H]2C[C@H]1CS2. The summed E-state index contributed by atoms with van der Waals surface area (Å²) in [7, 11) is 0. The van der Waals surface area contributed by atoms with E-state index in [-0.39, 0.29) is 11.5 Å². The fourth-order valence-electron chi connectivity index (χ4n) is 2.93. The molecule has 1 aromatic heterocycles. The number of amides is 1. The second-order valence-electron chi connectivity index (χ2n) is 5.59. The molecule has 1 N–H and O–H groups in total. The smallest absolute Gasteiger partial charge is 0.273 e. The van der Waals surface area contributed by atoms with E-state index in [0.29, 0.717) is 28.7 Å². The molecular formula is C13H15N3O2S. The van der Waals surface area contributed by atoms with E-state index in [1.807, 2.05) is 16.7 Å². The molecule has 6 heteroatoms. The van der Waals surface area contributed by atoms with Crippen LogP contribution in [-0.4, -0.2) is 44.4 Å². The standard InChI is InChI=1S/C13H15N3O2S/c17-11-4-10(14-12(15-11)7-1-2-7)13(18)16-5-9-3-8(16)6-19-9/h4,7-9H,1-3,5-6H2,(H,14,15,17)/t8-,9-/m0/s1. The van der Waals surface area contributed by atoms with Crippen LogP contribution in [-0.2, 0) is 0 Å². The Bertz CT molecular complexity index is 596. The molecule has 3 aliphatic rings. The topological polar surface area (TPSA) is 66.1 Å². The van der Waals surface area contributed by atoms with Gasteiger partial charge in [0.05, 0.1) is 0 Å². The van der Waals surface area contributed by atoms with Gasteiger partial charge >= 0.3 is 0 Å². The highest BCUT2D eigenvalue weighted by Crippen LogP contribution is 2.39. The predicted molar refractivity (Wildman–Crippen MR) is 72.5 cm³/mol. The summed E-state index contributed by atoms with van der Waals surface area (Å²) < 4.78 is 0. The number of nitrogens with one attached hydrogen (secondary N) is 1. The van der Waals surface area contributed by atoms with E-state index in [9.17, 15) is 9.59 Å². The second-order valence-corrected chi connectivity index (χ2v) is 6.93. The zero-order chi connectivity index (χ0) is 13.0. The van der Waals surface area contributed by atoms with Gasteiger partial charge in [-0.05, 0) is 19.3 Å². The minimum Gasteiger partial charge on any atom is -0.332 e. The van der Waals surface area contributed by atoms with Crippen molar-refractivity contribution in [3.63, 3.8) is 0 Å². The number of carbonyl (C=O) groups is 1. The molecule has 2 saturated heterocycles. The number of aromatic amines is 1. The first-order valence-electron chi connectivity index (χ1n) is 6.74. The normalized spacial score (nSPS) is 28.9. The maximum absolute atomic E-state index is 12.5. The quantitative estimate of drug-likeness (QED) is 0.875. The fourth-order valence-corrected chi connectivity index (χ4v) is 4.37. The molecule has 2 bridgehead atoms. The largest absolute Gasteiger partial charge is 0.332 e. The molecule has 0 radical (unpaired) electrons. The third-order valence-corrected chi connectivity index (χ3v) is 5.49. The third kappa shape index (κ3) is 1.98. The van der Waals surface area contributed by atoms with E-state index < -0.39 is 0 Å². The minimum atomic E-state index is -0.209. The highest BCUT2D eigenvalue weighted by Gasteiger charge is 2.41. The molecule has 5 nitrogen and oxygen atoms in total. The number of rotatable bonds is 2. The summed E-state index contributed by atoms with van der Waals surface area (Å²) in [5, 5.41) is 0.582. The van der Waals surface area contributed by atoms with Crippen LogP contribution in [0.4, 0.5) is 0 Å². The van der Waals surface area contributed by atoms with Gasteiger partial charge in [0.15, 0.2) is 0 Å². The Balaban J connectivity index is 1.64. The zero-order valence-corrected chi connectivity index (χ0v) is 11.3. The molecule has 19 heavy (non-hydrogen) atoms. The van der Waals surface area contributed by atoms with Gasteiger partial charge in [0.25, 0.3) is 11.5 Å². The van der Waals surface area contributed by atoms with Crippen molar-refractivity contribution in [2.24, 2.45) is 0 Å². The molecule has 0 unspecified atom stereocenters. The summed E-state index contributed by atoms with van der Waals surface area (Å²) in [6.07, 6.45) is 3.21. The van der Waals surface area contributed by atoms with Crippen LogP contribution in [0.25, 0.3) is 0 Å². The van der Waals surface area contributed by atoms with Gasteiger partial charge in [-0.25, -0.2) is 4.98 Å². The molecule has 2 atom stereocenters. The van der Waals surface area contributed by atoms with Crippen LogP contribution >= 0.6 is 11.8 Å². The number of fused-ring (bicyclic) bond motifs is 2. The van der Waals surface area contributed by atoms with Crippen LogP contribution in [0.2, 0.25) is 0 Å². The Morgan fingerprint density at radius 2 is 2.32 bits per heavy atom. The number of likely N-dealkylation sites (tertiary alicyclic amines) is 1. The molecule has 3 heterocycles. The molecule has 3 fully saturated rings. The molecule has 4 rings (SSSR count). The van der Waals surface area contributed by atoms with Crippen molar-refractivity contribution in [1.29, 1.82) is 0 Å². The van der Waals surface area contributed by atoms with Crippen molar-refractivity contribution in [3.8, 4) is 0 Å². The molecule has 1 aliphatic carbocycles. The Morgan fingerprint density at radius 3 is 2.95 bits per heavy atom. The number of hydrogen-bond acceptors (Lipinski definition) is 4. The lowest BCUT2D eigenvalue weighted by atomic mass is 10.2. The van der Waals surface area contributed by atoms with Gasteiger partial charge in [-0.3, -0.25) is 9.59 Å². The average Bonchev–Trinajstić information content (AvgIpc) is 3.05. The predicted octanol–water partition coefficient (Wildman–Crippen LogP) is 0.977. The van der Waals surface area contributed by atoms with Crippen molar-refractivity contribution in [2.45, 2.75) is 36.5 Å². The van der Waals surface area contributed by atoms with Gasteiger partial charge < -0.3 is 9.88 Å². The average molecular weight is 277 g/mol. The van der Waals surface area contributed by atoms with E-state index in [1.165, 1.54) is 6.07 Å². The van der Waals surface area contributed by atoms with E-state index in [0.717, 1.165) is 31.6 Å². The number of hydrogen-bond donors (Lipinski definition) is 1. The van der Waals surface area contributed by atoms with Crippen molar-refractivity contribution < 1.29 is 4.79 Å². The van der Waals surface area contributed by atoms with Gasteiger partial charge in [-0.2, -0.15) is 11.8 Å². The van der Waals surface area contributed by atoms with Crippen LogP contribution in [0.3, 0.4) is 0 Å². The van der Waals surface area contributed by atoms with Crippen molar-refractivity contribution >= 4 is 17.7 Å². The van der Waals surface area contributed by atoms with E-state index >= 15 is 0 Å². The van der Waals surface area contributed by atoms with Gasteiger partial charge in [-0.15, -0.1) is 0 Å². The van der Waals surface area contributed by atoms with Gasteiger partial charge in [-0.1, -0.05) is 0 Å². The number of H-pyrrole nitrogens is 1. The van der Waals surface area contributed by atoms with Crippen molar-refractivity contribution in [1.82, 2.24) is 14.9 Å². The van der Waals surface area contributed by atoms with Crippen molar-refractivity contribution in [3.05, 3.63) is 27.9 Å². The lowest BCUT2D eigenvalue weighted by molar-refractivity contribution is 0.0741. The van der Waals surface area contributed by atoms with Gasteiger partial charge in [0, 0.05) is 35.6 Å². The fraction of sp³-hybridized carbons (Fsp3) is 0.615. The summed E-state index contributed by atoms with van der Waals surface area (Å²) in [5.74, 6) is 2.00.